The summed E-state index contributed by atoms with van der Waals surface area (Å²) in [6, 6.07) is 12.2. The van der Waals surface area contributed by atoms with Crippen molar-refractivity contribution in [2.24, 2.45) is 0 Å². The third kappa shape index (κ3) is 3.37. The molecular formula is C17H17FO4S. The summed E-state index contributed by atoms with van der Waals surface area (Å²) in [5.41, 5.74) is 0.286. The maximum Gasteiger partial charge on any atom is 0.233 e. The number of allylic oxidation sites excluding steroid dienone is 1. The van der Waals surface area contributed by atoms with Gasteiger partial charge in [-0.25, -0.2) is 8.42 Å². The first kappa shape index (κ1) is 17.0. The van der Waals surface area contributed by atoms with Crippen molar-refractivity contribution in [2.75, 3.05) is 14.2 Å². The topological polar surface area (TPSA) is 52.6 Å². The van der Waals surface area contributed by atoms with Crippen molar-refractivity contribution in [3.63, 3.8) is 0 Å². The highest BCUT2D eigenvalue weighted by molar-refractivity contribution is 7.95. The minimum absolute atomic E-state index is 0.0374. The lowest BCUT2D eigenvalue weighted by atomic mass is 10.1. The van der Waals surface area contributed by atoms with Gasteiger partial charge in [0, 0.05) is 11.1 Å². The van der Waals surface area contributed by atoms with E-state index in [0.717, 1.165) is 0 Å². The van der Waals surface area contributed by atoms with Crippen LogP contribution in [0, 0.1) is 0 Å². The molecule has 0 atom stereocenters. The zero-order chi connectivity index (χ0) is 17.0. The molecule has 0 saturated carbocycles. The van der Waals surface area contributed by atoms with E-state index in [2.05, 4.69) is 0 Å². The average molecular weight is 336 g/mol. The number of benzene rings is 2. The highest BCUT2D eigenvalue weighted by atomic mass is 32.2. The van der Waals surface area contributed by atoms with Gasteiger partial charge in [0.25, 0.3) is 0 Å². The van der Waals surface area contributed by atoms with Crippen LogP contribution in [-0.2, 0) is 9.84 Å². The average Bonchev–Trinajstić information content (AvgIpc) is 2.60. The Hall–Kier alpha value is -2.34. The van der Waals surface area contributed by atoms with E-state index >= 15 is 0 Å². The fourth-order valence-corrected chi connectivity index (χ4v) is 3.35. The van der Waals surface area contributed by atoms with E-state index in [9.17, 15) is 12.8 Å². The van der Waals surface area contributed by atoms with E-state index in [1.807, 2.05) is 0 Å². The third-order valence-electron chi connectivity index (χ3n) is 3.39. The zero-order valence-corrected chi connectivity index (χ0v) is 13.9. The largest absolute Gasteiger partial charge is 0.497 e. The van der Waals surface area contributed by atoms with Crippen LogP contribution in [0.5, 0.6) is 11.5 Å². The van der Waals surface area contributed by atoms with Gasteiger partial charge in [-0.05, 0) is 37.3 Å². The Labute approximate surface area is 135 Å². The summed E-state index contributed by atoms with van der Waals surface area (Å²) in [5, 5.41) is -1.21. The van der Waals surface area contributed by atoms with Gasteiger partial charge in [-0.15, -0.1) is 0 Å². The number of methoxy groups -OCH3 is 2. The fourth-order valence-electron chi connectivity index (χ4n) is 2.12. The summed E-state index contributed by atoms with van der Waals surface area (Å²) in [6.45, 7) is 1.40. The van der Waals surface area contributed by atoms with Gasteiger partial charge in [0.2, 0.25) is 15.0 Å². The zero-order valence-electron chi connectivity index (χ0n) is 13.0. The molecular weight excluding hydrogens is 319 g/mol. The maximum atomic E-state index is 14.7. The molecule has 0 fully saturated rings. The van der Waals surface area contributed by atoms with Crippen LogP contribution in [-0.4, -0.2) is 22.6 Å². The second kappa shape index (κ2) is 6.83. The minimum Gasteiger partial charge on any atom is -0.497 e. The molecule has 0 saturated heterocycles. The molecule has 0 aliphatic carbocycles. The van der Waals surface area contributed by atoms with Crippen molar-refractivity contribution < 1.29 is 22.3 Å². The molecule has 2 aromatic rings. The molecule has 0 amide bonds. The lowest BCUT2D eigenvalue weighted by Gasteiger charge is -2.12. The number of halogens is 1. The second-order valence-electron chi connectivity index (χ2n) is 4.78. The van der Waals surface area contributed by atoms with Crippen LogP contribution < -0.4 is 9.47 Å². The van der Waals surface area contributed by atoms with Crippen LogP contribution in [0.4, 0.5) is 4.39 Å². The molecule has 0 N–H and O–H groups in total. The molecule has 0 radical (unpaired) electrons. The Kier molecular flexibility index (Phi) is 5.05. The molecule has 0 bridgehead atoms. The molecule has 0 aromatic heterocycles. The van der Waals surface area contributed by atoms with Crippen molar-refractivity contribution in [3.05, 3.63) is 59.3 Å². The van der Waals surface area contributed by atoms with Gasteiger partial charge >= 0.3 is 0 Å². The molecule has 6 heteroatoms. The van der Waals surface area contributed by atoms with Crippen molar-refractivity contribution in [3.8, 4) is 11.5 Å². The predicted molar refractivity (Wildman–Crippen MR) is 86.9 cm³/mol. The standard InChI is InChI=1S/C17H17FO4S/c1-12(15-11-13(21-2)9-10-16(15)22-3)17(18)23(19,20)14-7-5-4-6-8-14/h4-11H,1-3H3/b17-12+. The van der Waals surface area contributed by atoms with Gasteiger partial charge in [0.05, 0.1) is 19.1 Å². The van der Waals surface area contributed by atoms with Crippen molar-refractivity contribution in [1.29, 1.82) is 0 Å². The summed E-state index contributed by atoms with van der Waals surface area (Å²) in [4.78, 5) is -0.0984. The number of sulfone groups is 1. The smallest absolute Gasteiger partial charge is 0.233 e. The highest BCUT2D eigenvalue weighted by Crippen LogP contribution is 2.35. The van der Waals surface area contributed by atoms with Crippen molar-refractivity contribution in [2.45, 2.75) is 11.8 Å². The molecule has 0 aliphatic heterocycles. The fraction of sp³-hybridized carbons (Fsp3) is 0.176. The van der Waals surface area contributed by atoms with Gasteiger partial charge in [-0.3, -0.25) is 0 Å². The number of hydrogen-bond acceptors (Lipinski definition) is 4. The highest BCUT2D eigenvalue weighted by Gasteiger charge is 2.25. The first-order valence-corrected chi connectivity index (χ1v) is 8.29. The van der Waals surface area contributed by atoms with E-state index in [0.29, 0.717) is 17.1 Å². The molecule has 4 nitrogen and oxygen atoms in total. The van der Waals surface area contributed by atoms with E-state index in [1.165, 1.54) is 39.3 Å². The van der Waals surface area contributed by atoms with Gasteiger partial charge < -0.3 is 9.47 Å². The molecule has 0 heterocycles. The summed E-state index contributed by atoms with van der Waals surface area (Å²) in [7, 11) is -1.31. The van der Waals surface area contributed by atoms with E-state index < -0.39 is 15.0 Å². The monoisotopic (exact) mass is 336 g/mol. The number of rotatable bonds is 5. The second-order valence-corrected chi connectivity index (χ2v) is 6.62. The van der Waals surface area contributed by atoms with Crippen LogP contribution in [0.1, 0.15) is 12.5 Å². The van der Waals surface area contributed by atoms with Gasteiger partial charge in [-0.1, -0.05) is 18.2 Å². The molecule has 0 aliphatic rings. The molecule has 0 spiro atoms. The van der Waals surface area contributed by atoms with Crippen molar-refractivity contribution in [1.82, 2.24) is 0 Å². The van der Waals surface area contributed by atoms with E-state index in [4.69, 9.17) is 9.47 Å². The van der Waals surface area contributed by atoms with Gasteiger partial charge in [0.1, 0.15) is 11.5 Å². The SMILES string of the molecule is COc1ccc(OC)c(/C(C)=C(\F)S(=O)(=O)c2ccccc2)c1. The normalized spacial score (nSPS) is 12.5. The summed E-state index contributed by atoms with van der Waals surface area (Å²) in [5.74, 6) is 0.840. The third-order valence-corrected chi connectivity index (χ3v) is 5.07. The Morgan fingerprint density at radius 3 is 2.22 bits per heavy atom. The van der Waals surface area contributed by atoms with Crippen LogP contribution in [0.25, 0.3) is 5.57 Å². The maximum absolute atomic E-state index is 14.7. The minimum atomic E-state index is -4.21. The van der Waals surface area contributed by atoms with Crippen LogP contribution in [0.3, 0.4) is 0 Å². The summed E-state index contributed by atoms with van der Waals surface area (Å²) >= 11 is 0. The molecule has 2 aromatic carbocycles. The van der Waals surface area contributed by atoms with E-state index in [-0.39, 0.29) is 10.5 Å². The Balaban J connectivity index is 2.61. The lowest BCUT2D eigenvalue weighted by molar-refractivity contribution is 0.402. The van der Waals surface area contributed by atoms with E-state index in [1.54, 1.807) is 30.3 Å². The van der Waals surface area contributed by atoms with Crippen molar-refractivity contribution >= 4 is 15.4 Å². The van der Waals surface area contributed by atoms with Crippen LogP contribution in [0.15, 0.2) is 58.6 Å². The Morgan fingerprint density at radius 1 is 1.00 bits per heavy atom. The summed E-state index contributed by atoms with van der Waals surface area (Å²) in [6.07, 6.45) is 0. The molecule has 2 rings (SSSR count). The Bertz CT molecular complexity index is 827. The Morgan fingerprint density at radius 2 is 1.65 bits per heavy atom. The quantitative estimate of drug-likeness (QED) is 0.832. The van der Waals surface area contributed by atoms with Gasteiger partial charge in [0.15, 0.2) is 0 Å². The van der Waals surface area contributed by atoms with Gasteiger partial charge in [-0.2, -0.15) is 4.39 Å². The molecule has 0 unspecified atom stereocenters. The van der Waals surface area contributed by atoms with Crippen LogP contribution in [0.2, 0.25) is 0 Å². The molecule has 23 heavy (non-hydrogen) atoms. The first-order chi connectivity index (χ1) is 10.9. The van der Waals surface area contributed by atoms with Crippen LogP contribution >= 0.6 is 0 Å². The summed E-state index contributed by atoms with van der Waals surface area (Å²) < 4.78 is 49.8. The molecule has 122 valence electrons. The first-order valence-electron chi connectivity index (χ1n) is 6.80. The number of ether oxygens (including phenoxy) is 2. The lowest BCUT2D eigenvalue weighted by Crippen LogP contribution is -2.04. The predicted octanol–water partition coefficient (Wildman–Crippen LogP) is 3.84. The number of hydrogen-bond donors (Lipinski definition) is 0.